The normalized spacial score (nSPS) is 19.3. The van der Waals surface area contributed by atoms with Crippen molar-refractivity contribution >= 4 is 5.78 Å². The lowest BCUT2D eigenvalue weighted by Crippen LogP contribution is -2.35. The molecule has 1 fully saturated rings. The second-order valence-electron chi connectivity index (χ2n) is 4.68. The Morgan fingerprint density at radius 2 is 2.00 bits per heavy atom. The number of hydrogen-bond donors (Lipinski definition) is 0. The van der Waals surface area contributed by atoms with E-state index < -0.39 is 6.04 Å². The monoisotopic (exact) mass is 227 g/mol. The van der Waals surface area contributed by atoms with E-state index in [0.29, 0.717) is 6.42 Å². The molecule has 0 N–H and O–H groups in total. The molecular formula is C12H21NO3. The molecule has 0 spiro atoms. The minimum absolute atomic E-state index is 0.0407. The Labute approximate surface area is 96.6 Å². The zero-order chi connectivity index (χ0) is 12.0. The molecule has 16 heavy (non-hydrogen) atoms. The zero-order valence-electron chi connectivity index (χ0n) is 9.98. The molecule has 1 unspecified atom stereocenters. The van der Waals surface area contributed by atoms with Gasteiger partial charge in [-0.15, -0.1) is 0 Å². The molecule has 0 radical (unpaired) electrons. The van der Waals surface area contributed by atoms with Crippen molar-refractivity contribution in [1.29, 1.82) is 0 Å². The van der Waals surface area contributed by atoms with Gasteiger partial charge in [-0.1, -0.05) is 32.6 Å². The maximum absolute atomic E-state index is 12.0. The topological polar surface area (TPSA) is 60.2 Å². The first-order valence-corrected chi connectivity index (χ1v) is 6.34. The summed E-state index contributed by atoms with van der Waals surface area (Å²) in [7, 11) is 0. The fourth-order valence-electron chi connectivity index (χ4n) is 2.41. The number of rotatable bonds is 6. The summed E-state index contributed by atoms with van der Waals surface area (Å²) in [5.74, 6) is -0.154. The van der Waals surface area contributed by atoms with Crippen molar-refractivity contribution in [3.8, 4) is 0 Å². The summed E-state index contributed by atoms with van der Waals surface area (Å²) in [6.07, 6.45) is 7.07. The van der Waals surface area contributed by atoms with E-state index in [9.17, 15) is 14.9 Å². The standard InChI is InChI=1S/C12H21NO3/c1-2-3-9-11(13(15)16)12(14)10-7-5-4-6-8-10/h10-11H,2-9H2,1H3. The van der Waals surface area contributed by atoms with Crippen molar-refractivity contribution in [2.45, 2.75) is 64.3 Å². The predicted octanol–water partition coefficient (Wildman–Crippen LogP) is 2.97. The van der Waals surface area contributed by atoms with Crippen molar-refractivity contribution in [3.05, 3.63) is 10.1 Å². The highest BCUT2D eigenvalue weighted by molar-refractivity contribution is 5.85. The molecule has 0 bridgehead atoms. The SMILES string of the molecule is CCCCC(C(=O)C1CCCCC1)[N+](=O)[O-]. The highest BCUT2D eigenvalue weighted by Crippen LogP contribution is 2.26. The maximum Gasteiger partial charge on any atom is 0.270 e. The third-order valence-corrected chi connectivity index (χ3v) is 3.42. The highest BCUT2D eigenvalue weighted by Gasteiger charge is 2.35. The smallest absolute Gasteiger partial charge is 0.270 e. The average Bonchev–Trinajstić information content (AvgIpc) is 2.30. The van der Waals surface area contributed by atoms with Crippen LogP contribution in [0.5, 0.6) is 0 Å². The molecule has 4 heteroatoms. The van der Waals surface area contributed by atoms with E-state index in [1.165, 1.54) is 6.42 Å². The number of Topliss-reactive ketones (excluding diaryl/α,β-unsaturated/α-hetero) is 1. The summed E-state index contributed by atoms with van der Waals surface area (Å²) >= 11 is 0. The van der Waals surface area contributed by atoms with Gasteiger partial charge in [-0.05, 0) is 19.3 Å². The van der Waals surface area contributed by atoms with Crippen LogP contribution in [0.2, 0.25) is 0 Å². The third-order valence-electron chi connectivity index (χ3n) is 3.42. The Kier molecular flexibility index (Phi) is 5.43. The van der Waals surface area contributed by atoms with Crippen LogP contribution in [0.1, 0.15) is 58.3 Å². The molecule has 1 aliphatic rings. The van der Waals surface area contributed by atoms with Crippen molar-refractivity contribution in [1.82, 2.24) is 0 Å². The molecule has 1 aliphatic carbocycles. The summed E-state index contributed by atoms with van der Waals surface area (Å²) < 4.78 is 0. The van der Waals surface area contributed by atoms with Crippen LogP contribution in [0.25, 0.3) is 0 Å². The highest BCUT2D eigenvalue weighted by atomic mass is 16.6. The Balaban J connectivity index is 2.54. The zero-order valence-corrected chi connectivity index (χ0v) is 9.98. The Hall–Kier alpha value is -0.930. The second kappa shape index (κ2) is 6.61. The second-order valence-corrected chi connectivity index (χ2v) is 4.68. The van der Waals surface area contributed by atoms with Gasteiger partial charge < -0.3 is 0 Å². The largest absolute Gasteiger partial charge is 0.292 e. The summed E-state index contributed by atoms with van der Waals surface area (Å²) in [5, 5.41) is 10.9. The third kappa shape index (κ3) is 3.58. The van der Waals surface area contributed by atoms with Crippen molar-refractivity contribution < 1.29 is 9.72 Å². The molecule has 1 saturated carbocycles. The molecule has 1 atom stereocenters. The van der Waals surface area contributed by atoms with E-state index in [1.807, 2.05) is 6.92 Å². The molecule has 0 heterocycles. The quantitative estimate of drug-likeness (QED) is 0.517. The molecule has 0 aromatic heterocycles. The lowest BCUT2D eigenvalue weighted by atomic mass is 9.83. The van der Waals surface area contributed by atoms with Gasteiger partial charge in [0, 0.05) is 17.3 Å². The van der Waals surface area contributed by atoms with Crippen LogP contribution < -0.4 is 0 Å². The van der Waals surface area contributed by atoms with Crippen LogP contribution >= 0.6 is 0 Å². The average molecular weight is 227 g/mol. The lowest BCUT2D eigenvalue weighted by Gasteiger charge is -2.21. The first kappa shape index (κ1) is 13.1. The first-order valence-electron chi connectivity index (χ1n) is 6.34. The van der Waals surface area contributed by atoms with Gasteiger partial charge in [0.25, 0.3) is 6.04 Å². The number of nitrogens with zero attached hydrogens (tertiary/aromatic N) is 1. The predicted molar refractivity (Wildman–Crippen MR) is 61.9 cm³/mol. The summed E-state index contributed by atoms with van der Waals surface area (Å²) in [6.45, 7) is 1.99. The maximum atomic E-state index is 12.0. The number of hydrogen-bond acceptors (Lipinski definition) is 3. The Morgan fingerprint density at radius 1 is 1.38 bits per heavy atom. The molecule has 0 aromatic carbocycles. The van der Waals surface area contributed by atoms with Gasteiger partial charge in [-0.2, -0.15) is 0 Å². The van der Waals surface area contributed by atoms with Crippen LogP contribution in [0.3, 0.4) is 0 Å². The number of ketones is 1. The molecule has 0 amide bonds. The van der Waals surface area contributed by atoms with Gasteiger partial charge >= 0.3 is 0 Å². The molecule has 4 nitrogen and oxygen atoms in total. The molecule has 0 aromatic rings. The summed E-state index contributed by atoms with van der Waals surface area (Å²) in [4.78, 5) is 22.5. The summed E-state index contributed by atoms with van der Waals surface area (Å²) in [5.41, 5.74) is 0. The van der Waals surface area contributed by atoms with E-state index in [1.54, 1.807) is 0 Å². The Morgan fingerprint density at radius 3 is 2.50 bits per heavy atom. The van der Waals surface area contributed by atoms with Gasteiger partial charge in [0.2, 0.25) is 5.78 Å². The van der Waals surface area contributed by atoms with Crippen LogP contribution in [0.15, 0.2) is 0 Å². The van der Waals surface area contributed by atoms with E-state index in [4.69, 9.17) is 0 Å². The molecule has 92 valence electrons. The van der Waals surface area contributed by atoms with Crippen molar-refractivity contribution in [3.63, 3.8) is 0 Å². The van der Waals surface area contributed by atoms with Crippen molar-refractivity contribution in [2.24, 2.45) is 5.92 Å². The summed E-state index contributed by atoms with van der Waals surface area (Å²) in [6, 6.07) is -0.942. The number of carbonyl (C=O) groups excluding carboxylic acids is 1. The van der Waals surface area contributed by atoms with Crippen LogP contribution in [0.4, 0.5) is 0 Å². The van der Waals surface area contributed by atoms with Gasteiger partial charge in [-0.25, -0.2) is 0 Å². The first-order chi connectivity index (χ1) is 7.66. The molecule has 0 saturated heterocycles. The lowest BCUT2D eigenvalue weighted by molar-refractivity contribution is -0.509. The van der Waals surface area contributed by atoms with Gasteiger partial charge in [0.1, 0.15) is 0 Å². The van der Waals surface area contributed by atoms with E-state index in [0.717, 1.165) is 38.5 Å². The fraction of sp³-hybridized carbons (Fsp3) is 0.917. The molecule has 0 aliphatic heterocycles. The number of unbranched alkanes of at least 4 members (excludes halogenated alkanes) is 1. The van der Waals surface area contributed by atoms with Crippen molar-refractivity contribution in [2.75, 3.05) is 0 Å². The van der Waals surface area contributed by atoms with E-state index in [-0.39, 0.29) is 16.6 Å². The number of nitro groups is 1. The van der Waals surface area contributed by atoms with Gasteiger partial charge in [0.15, 0.2) is 0 Å². The van der Waals surface area contributed by atoms with Gasteiger partial charge in [-0.3, -0.25) is 14.9 Å². The minimum Gasteiger partial charge on any atom is -0.292 e. The van der Waals surface area contributed by atoms with E-state index in [2.05, 4.69) is 0 Å². The molecular weight excluding hydrogens is 206 g/mol. The molecule has 1 rings (SSSR count). The fourth-order valence-corrected chi connectivity index (χ4v) is 2.41. The van der Waals surface area contributed by atoms with Crippen LogP contribution in [-0.4, -0.2) is 16.7 Å². The minimum atomic E-state index is -0.942. The number of carbonyl (C=O) groups is 1. The van der Waals surface area contributed by atoms with Crippen LogP contribution in [0, 0.1) is 16.0 Å². The van der Waals surface area contributed by atoms with Gasteiger partial charge in [0.05, 0.1) is 0 Å². The Bertz CT molecular complexity index is 247. The van der Waals surface area contributed by atoms with Crippen LogP contribution in [-0.2, 0) is 4.79 Å². The van der Waals surface area contributed by atoms with E-state index >= 15 is 0 Å².